The quantitative estimate of drug-likeness (QED) is 0.612. The van der Waals surface area contributed by atoms with E-state index in [-0.39, 0.29) is 21.1 Å². The van der Waals surface area contributed by atoms with E-state index in [4.69, 9.17) is 39.5 Å². The van der Waals surface area contributed by atoms with Gasteiger partial charge in [0.05, 0.1) is 5.02 Å². The molecule has 0 saturated carbocycles. The minimum atomic E-state index is 0.112. The molecule has 1 heterocycles. The summed E-state index contributed by atoms with van der Waals surface area (Å²) in [5, 5.41) is 0.620. The van der Waals surface area contributed by atoms with Crippen LogP contribution in [0.3, 0.4) is 0 Å². The number of rotatable bonds is 3. The number of benzene rings is 1. The lowest BCUT2D eigenvalue weighted by Crippen LogP contribution is -1.90. The Hall–Kier alpha value is -1.29. The van der Waals surface area contributed by atoms with Gasteiger partial charge in [-0.05, 0) is 30.3 Å². The molecule has 0 fully saturated rings. The van der Waals surface area contributed by atoms with Crippen LogP contribution in [0.4, 0.5) is 0 Å². The number of nitrogens with zero attached hydrogens (tertiary/aromatic N) is 1. The topological polar surface area (TPSA) is 39.2 Å². The van der Waals surface area contributed by atoms with Crippen LogP contribution < -0.4 is 4.74 Å². The van der Waals surface area contributed by atoms with Crippen molar-refractivity contribution in [1.82, 2.24) is 4.98 Å². The highest BCUT2D eigenvalue weighted by atomic mass is 35.5. The first-order valence-electron chi connectivity index (χ1n) is 4.85. The van der Waals surface area contributed by atoms with Gasteiger partial charge in [0.1, 0.15) is 17.1 Å². The van der Waals surface area contributed by atoms with Gasteiger partial charge in [-0.3, -0.25) is 4.79 Å². The molecule has 1 aromatic heterocycles. The first kappa shape index (κ1) is 13.1. The van der Waals surface area contributed by atoms with Gasteiger partial charge in [0, 0.05) is 5.56 Å². The van der Waals surface area contributed by atoms with Gasteiger partial charge in [0.25, 0.3) is 0 Å². The molecule has 1 aromatic carbocycles. The molecule has 0 bridgehead atoms. The van der Waals surface area contributed by atoms with Gasteiger partial charge in [-0.25, -0.2) is 0 Å². The van der Waals surface area contributed by atoms with E-state index in [9.17, 15) is 4.79 Å². The normalized spacial score (nSPS) is 10.2. The summed E-state index contributed by atoms with van der Waals surface area (Å²) in [5.41, 5.74) is 0.551. The summed E-state index contributed by atoms with van der Waals surface area (Å²) in [5.74, 6) is 0.651. The number of ether oxygens (including phenoxy) is 1. The van der Waals surface area contributed by atoms with Crippen molar-refractivity contribution >= 4 is 41.1 Å². The van der Waals surface area contributed by atoms with Crippen LogP contribution in [0.25, 0.3) is 0 Å². The van der Waals surface area contributed by atoms with Crippen molar-refractivity contribution in [2.45, 2.75) is 0 Å². The number of aromatic nitrogens is 1. The number of pyridine rings is 1. The molecule has 0 spiro atoms. The van der Waals surface area contributed by atoms with Crippen LogP contribution in [0.2, 0.25) is 15.2 Å². The monoisotopic (exact) mass is 301 g/mol. The number of aldehydes is 1. The van der Waals surface area contributed by atoms with Crippen molar-refractivity contribution in [2.75, 3.05) is 0 Å². The predicted octanol–water partition coefficient (Wildman–Crippen LogP) is 4.65. The third kappa shape index (κ3) is 2.93. The molecule has 2 aromatic rings. The highest BCUT2D eigenvalue weighted by molar-refractivity contribution is 6.42. The molecule has 2 rings (SSSR count). The van der Waals surface area contributed by atoms with Gasteiger partial charge in [0.2, 0.25) is 5.88 Å². The molecule has 0 unspecified atom stereocenters. The van der Waals surface area contributed by atoms with Crippen molar-refractivity contribution in [1.29, 1.82) is 0 Å². The fraction of sp³-hybridized carbons (Fsp3) is 0. The molecule has 0 saturated heterocycles. The number of halogens is 3. The lowest BCUT2D eigenvalue weighted by Gasteiger charge is -2.07. The van der Waals surface area contributed by atoms with E-state index in [1.807, 2.05) is 0 Å². The van der Waals surface area contributed by atoms with Crippen LogP contribution in [-0.2, 0) is 0 Å². The smallest absolute Gasteiger partial charge is 0.239 e. The Morgan fingerprint density at radius 2 is 1.72 bits per heavy atom. The summed E-state index contributed by atoms with van der Waals surface area (Å²) in [6, 6.07) is 7.95. The lowest BCUT2D eigenvalue weighted by atomic mass is 10.2. The first-order valence-corrected chi connectivity index (χ1v) is 5.98. The fourth-order valence-electron chi connectivity index (χ4n) is 1.23. The Labute approximate surface area is 118 Å². The van der Waals surface area contributed by atoms with Gasteiger partial charge in [-0.2, -0.15) is 4.98 Å². The molecule has 0 aliphatic rings. The van der Waals surface area contributed by atoms with E-state index in [2.05, 4.69) is 4.98 Å². The molecular weight excluding hydrogens is 296 g/mol. The van der Waals surface area contributed by atoms with Crippen molar-refractivity contribution < 1.29 is 9.53 Å². The third-order valence-electron chi connectivity index (χ3n) is 2.09. The largest absolute Gasteiger partial charge is 0.437 e. The standard InChI is InChI=1S/C12H6Cl3NO2/c13-9-5-10(14)12(16-11(9)15)18-8-3-1-7(6-17)2-4-8/h1-6H. The molecule has 6 heteroatoms. The van der Waals surface area contributed by atoms with Crippen LogP contribution >= 0.6 is 34.8 Å². The molecule has 0 aliphatic heterocycles. The summed E-state index contributed by atoms with van der Waals surface area (Å²) >= 11 is 17.5. The maximum atomic E-state index is 10.5. The molecule has 0 radical (unpaired) electrons. The Morgan fingerprint density at radius 3 is 2.33 bits per heavy atom. The lowest BCUT2D eigenvalue weighted by molar-refractivity contribution is 0.112. The second-order valence-corrected chi connectivity index (χ2v) is 4.51. The van der Waals surface area contributed by atoms with Crippen molar-refractivity contribution in [3.8, 4) is 11.6 Å². The Morgan fingerprint density at radius 1 is 1.06 bits per heavy atom. The average Bonchev–Trinajstić information content (AvgIpc) is 2.37. The van der Waals surface area contributed by atoms with E-state index in [1.54, 1.807) is 24.3 Å². The van der Waals surface area contributed by atoms with Gasteiger partial charge < -0.3 is 4.74 Å². The number of carbonyl (C=O) groups excluding carboxylic acids is 1. The summed E-state index contributed by atoms with van der Waals surface area (Å²) in [6.45, 7) is 0. The minimum Gasteiger partial charge on any atom is -0.437 e. The van der Waals surface area contributed by atoms with E-state index in [0.29, 0.717) is 11.3 Å². The predicted molar refractivity (Wildman–Crippen MR) is 71.2 cm³/mol. The van der Waals surface area contributed by atoms with Crippen molar-refractivity contribution in [2.24, 2.45) is 0 Å². The fourth-order valence-corrected chi connectivity index (χ4v) is 1.75. The molecule has 3 nitrogen and oxygen atoms in total. The van der Waals surface area contributed by atoms with E-state index in [1.165, 1.54) is 6.07 Å². The Kier molecular flexibility index (Phi) is 4.07. The highest BCUT2D eigenvalue weighted by Crippen LogP contribution is 2.33. The minimum absolute atomic E-state index is 0.112. The van der Waals surface area contributed by atoms with Crippen molar-refractivity contribution in [3.05, 3.63) is 51.1 Å². The first-order chi connectivity index (χ1) is 8.60. The Bertz CT molecular complexity index is 585. The van der Waals surface area contributed by atoms with E-state index < -0.39 is 0 Å². The number of hydrogen-bond donors (Lipinski definition) is 0. The second-order valence-electron chi connectivity index (χ2n) is 3.34. The summed E-state index contributed by atoms with van der Waals surface area (Å²) in [7, 11) is 0. The van der Waals surface area contributed by atoms with Crippen LogP contribution in [0.15, 0.2) is 30.3 Å². The summed E-state index contributed by atoms with van der Waals surface area (Å²) in [4.78, 5) is 14.4. The van der Waals surface area contributed by atoms with Crippen LogP contribution in [0.1, 0.15) is 10.4 Å². The molecule has 18 heavy (non-hydrogen) atoms. The SMILES string of the molecule is O=Cc1ccc(Oc2nc(Cl)c(Cl)cc2Cl)cc1. The van der Waals surface area contributed by atoms with Crippen molar-refractivity contribution in [3.63, 3.8) is 0 Å². The van der Waals surface area contributed by atoms with Gasteiger partial charge in [-0.1, -0.05) is 34.8 Å². The zero-order valence-corrected chi connectivity index (χ0v) is 11.1. The maximum Gasteiger partial charge on any atom is 0.239 e. The van der Waals surface area contributed by atoms with Gasteiger partial charge in [0.15, 0.2) is 5.15 Å². The summed E-state index contributed by atoms with van der Waals surface area (Å²) in [6.07, 6.45) is 0.744. The van der Waals surface area contributed by atoms with Gasteiger partial charge in [-0.15, -0.1) is 0 Å². The number of carbonyl (C=O) groups is 1. The maximum absolute atomic E-state index is 10.5. The van der Waals surface area contributed by atoms with Gasteiger partial charge >= 0.3 is 0 Å². The molecule has 0 aliphatic carbocycles. The molecule has 0 amide bonds. The third-order valence-corrected chi connectivity index (χ3v) is 3.03. The van der Waals surface area contributed by atoms with E-state index in [0.717, 1.165) is 6.29 Å². The second kappa shape index (κ2) is 5.57. The van der Waals surface area contributed by atoms with E-state index >= 15 is 0 Å². The highest BCUT2D eigenvalue weighted by Gasteiger charge is 2.09. The van der Waals surface area contributed by atoms with Crippen LogP contribution in [-0.4, -0.2) is 11.3 Å². The zero-order chi connectivity index (χ0) is 13.1. The Balaban J connectivity index is 2.27. The summed E-state index contributed by atoms with van der Waals surface area (Å²) < 4.78 is 5.44. The average molecular weight is 303 g/mol. The number of hydrogen-bond acceptors (Lipinski definition) is 3. The zero-order valence-electron chi connectivity index (χ0n) is 8.86. The van der Waals surface area contributed by atoms with Crippen LogP contribution in [0, 0.1) is 0 Å². The molecule has 0 atom stereocenters. The molecule has 0 N–H and O–H groups in total. The molecular formula is C12H6Cl3NO2. The van der Waals surface area contributed by atoms with Crippen LogP contribution in [0.5, 0.6) is 11.6 Å². The molecule has 92 valence electrons.